The van der Waals surface area contributed by atoms with Gasteiger partial charge in [-0.1, -0.05) is 18.1 Å². The van der Waals surface area contributed by atoms with Crippen LogP contribution in [0.4, 0.5) is 0 Å². The summed E-state index contributed by atoms with van der Waals surface area (Å²) in [4.78, 5) is 8.07. The molecular formula is C19H20N2OS. The Kier molecular flexibility index (Phi) is 3.94. The third kappa shape index (κ3) is 3.05. The third-order valence-electron chi connectivity index (χ3n) is 4.96. The summed E-state index contributed by atoms with van der Waals surface area (Å²) < 4.78 is 0. The van der Waals surface area contributed by atoms with Gasteiger partial charge < -0.3 is 5.11 Å². The van der Waals surface area contributed by atoms with Gasteiger partial charge in [0.15, 0.2) is 0 Å². The lowest BCUT2D eigenvalue weighted by molar-refractivity contribution is -0.0713. The summed E-state index contributed by atoms with van der Waals surface area (Å²) in [5.74, 6) is 6.67. The molecule has 1 unspecified atom stereocenters. The largest absolute Gasteiger partial charge is 0.376 e. The van der Waals surface area contributed by atoms with Crippen molar-refractivity contribution in [2.45, 2.75) is 24.9 Å². The van der Waals surface area contributed by atoms with Crippen LogP contribution in [0, 0.1) is 17.8 Å². The first kappa shape index (κ1) is 14.9. The van der Waals surface area contributed by atoms with E-state index in [1.807, 2.05) is 6.07 Å². The maximum absolute atomic E-state index is 10.9. The highest BCUT2D eigenvalue weighted by Crippen LogP contribution is 2.35. The fourth-order valence-corrected chi connectivity index (χ4v) is 4.37. The molecule has 0 aromatic carbocycles. The van der Waals surface area contributed by atoms with Gasteiger partial charge in [-0.25, -0.2) is 4.98 Å². The molecule has 0 amide bonds. The molecule has 1 N–H and O–H groups in total. The van der Waals surface area contributed by atoms with Crippen LogP contribution >= 0.6 is 11.3 Å². The molecule has 3 saturated heterocycles. The summed E-state index contributed by atoms with van der Waals surface area (Å²) in [6.45, 7) is 2.88. The van der Waals surface area contributed by atoms with E-state index in [-0.39, 0.29) is 0 Å². The van der Waals surface area contributed by atoms with E-state index in [0.717, 1.165) is 43.6 Å². The molecule has 4 heteroatoms. The summed E-state index contributed by atoms with van der Waals surface area (Å²) >= 11 is 1.75. The first-order valence-corrected chi connectivity index (χ1v) is 9.05. The molecular weight excluding hydrogens is 304 g/mol. The van der Waals surface area contributed by atoms with E-state index >= 15 is 0 Å². The third-order valence-corrected chi connectivity index (χ3v) is 5.84. The van der Waals surface area contributed by atoms with Crippen LogP contribution in [-0.2, 0) is 6.42 Å². The molecule has 3 nitrogen and oxygen atoms in total. The highest BCUT2D eigenvalue weighted by atomic mass is 32.1. The molecule has 3 aliphatic rings. The van der Waals surface area contributed by atoms with E-state index in [0.29, 0.717) is 12.5 Å². The van der Waals surface area contributed by atoms with Crippen LogP contribution in [0.3, 0.4) is 0 Å². The second kappa shape index (κ2) is 6.09. The number of hydrogen-bond donors (Lipinski definition) is 1. The maximum atomic E-state index is 10.9. The van der Waals surface area contributed by atoms with Crippen LogP contribution in [0.2, 0.25) is 0 Å². The number of fused-ring (bicyclic) bond motifs is 3. The Labute approximate surface area is 141 Å². The number of aromatic nitrogens is 1. The second-order valence-electron chi connectivity index (χ2n) is 6.49. The maximum Gasteiger partial charge on any atom is 0.141 e. The summed E-state index contributed by atoms with van der Waals surface area (Å²) in [7, 11) is 0. The Bertz CT molecular complexity index is 738. The van der Waals surface area contributed by atoms with E-state index in [2.05, 4.69) is 45.3 Å². The van der Waals surface area contributed by atoms with E-state index < -0.39 is 5.60 Å². The molecule has 23 heavy (non-hydrogen) atoms. The van der Waals surface area contributed by atoms with Gasteiger partial charge in [-0.15, -0.1) is 11.3 Å². The van der Waals surface area contributed by atoms with Gasteiger partial charge in [0, 0.05) is 30.0 Å². The smallest absolute Gasteiger partial charge is 0.141 e. The lowest BCUT2D eigenvalue weighted by atomic mass is 9.76. The lowest BCUT2D eigenvalue weighted by Gasteiger charge is -2.47. The standard InChI is InChI=1S/C19H20N2OS/c22-19(14-21-10-6-16(19)7-11-21)8-5-18-15(3-1-9-20-18)13-17-4-2-12-23-17/h1-4,9,12,16,22H,6-7,10-11,13-14H2. The minimum atomic E-state index is -0.867. The van der Waals surface area contributed by atoms with Crippen LogP contribution in [0.15, 0.2) is 35.8 Å². The molecule has 2 aromatic heterocycles. The molecule has 1 atom stereocenters. The highest BCUT2D eigenvalue weighted by Gasteiger charge is 2.44. The number of rotatable bonds is 2. The molecule has 5 rings (SSSR count). The van der Waals surface area contributed by atoms with Crippen LogP contribution in [0.1, 0.15) is 29.0 Å². The lowest BCUT2D eigenvalue weighted by Crippen LogP contribution is -2.58. The minimum Gasteiger partial charge on any atom is -0.376 e. The molecule has 118 valence electrons. The van der Waals surface area contributed by atoms with E-state index in [9.17, 15) is 5.11 Å². The second-order valence-corrected chi connectivity index (χ2v) is 7.52. The van der Waals surface area contributed by atoms with Crippen LogP contribution in [0.25, 0.3) is 0 Å². The van der Waals surface area contributed by atoms with Gasteiger partial charge in [0.05, 0.1) is 0 Å². The molecule has 0 radical (unpaired) electrons. The number of thiophene rings is 1. The zero-order valence-electron chi connectivity index (χ0n) is 13.0. The van der Waals surface area contributed by atoms with E-state index in [1.165, 1.54) is 4.88 Å². The molecule has 5 heterocycles. The van der Waals surface area contributed by atoms with Crippen molar-refractivity contribution in [3.63, 3.8) is 0 Å². The van der Waals surface area contributed by atoms with Crippen LogP contribution in [-0.4, -0.2) is 40.2 Å². The Morgan fingerprint density at radius 3 is 2.87 bits per heavy atom. The normalized spacial score (nSPS) is 29.1. The van der Waals surface area contributed by atoms with Gasteiger partial charge in [0.2, 0.25) is 0 Å². The van der Waals surface area contributed by atoms with Crippen molar-refractivity contribution in [2.24, 2.45) is 5.92 Å². The summed E-state index contributed by atoms with van der Waals surface area (Å²) in [6.07, 6.45) is 4.73. The topological polar surface area (TPSA) is 36.4 Å². The quantitative estimate of drug-likeness (QED) is 0.863. The molecule has 3 aliphatic heterocycles. The SMILES string of the molecule is OC1(C#Cc2ncccc2Cc2cccs2)CN2CCC1CC2. The number of aliphatic hydroxyl groups is 1. The van der Waals surface area contributed by atoms with Gasteiger partial charge in [-0.3, -0.25) is 4.90 Å². The minimum absolute atomic E-state index is 0.310. The fourth-order valence-electron chi connectivity index (χ4n) is 3.64. The van der Waals surface area contributed by atoms with Crippen molar-refractivity contribution >= 4 is 11.3 Å². The first-order valence-electron chi connectivity index (χ1n) is 8.17. The average molecular weight is 324 g/mol. The van der Waals surface area contributed by atoms with E-state index in [1.54, 1.807) is 17.5 Å². The summed E-state index contributed by atoms with van der Waals surface area (Å²) in [5, 5.41) is 13.0. The predicted octanol–water partition coefficient (Wildman–Crippen LogP) is 2.54. The number of pyridine rings is 1. The Balaban J connectivity index is 1.60. The zero-order chi connectivity index (χ0) is 15.7. The molecule has 0 aliphatic carbocycles. The molecule has 0 spiro atoms. The number of hydrogen-bond acceptors (Lipinski definition) is 4. The highest BCUT2D eigenvalue weighted by molar-refractivity contribution is 7.09. The van der Waals surface area contributed by atoms with Crippen LogP contribution in [0.5, 0.6) is 0 Å². The predicted molar refractivity (Wildman–Crippen MR) is 92.4 cm³/mol. The van der Waals surface area contributed by atoms with Gasteiger partial charge in [-0.2, -0.15) is 0 Å². The van der Waals surface area contributed by atoms with Crippen molar-refractivity contribution in [2.75, 3.05) is 19.6 Å². The molecule has 2 aromatic rings. The van der Waals surface area contributed by atoms with Crippen molar-refractivity contribution in [3.05, 3.63) is 52.0 Å². The number of piperidine rings is 3. The van der Waals surface area contributed by atoms with Gasteiger partial charge in [-0.05, 0) is 54.9 Å². The van der Waals surface area contributed by atoms with Crippen molar-refractivity contribution in [1.29, 1.82) is 0 Å². The van der Waals surface area contributed by atoms with Gasteiger partial charge >= 0.3 is 0 Å². The molecule has 2 bridgehead atoms. The fraction of sp³-hybridized carbons (Fsp3) is 0.421. The van der Waals surface area contributed by atoms with E-state index in [4.69, 9.17) is 0 Å². The Morgan fingerprint density at radius 2 is 2.17 bits per heavy atom. The summed E-state index contributed by atoms with van der Waals surface area (Å²) in [5.41, 5.74) is 1.06. The Morgan fingerprint density at radius 1 is 1.30 bits per heavy atom. The first-order chi connectivity index (χ1) is 11.2. The number of nitrogens with zero attached hydrogens (tertiary/aromatic N) is 2. The van der Waals surface area contributed by atoms with Crippen molar-refractivity contribution in [3.8, 4) is 11.8 Å². The Hall–Kier alpha value is -1.67. The summed E-state index contributed by atoms with van der Waals surface area (Å²) in [6, 6.07) is 8.24. The average Bonchev–Trinajstić information content (AvgIpc) is 3.08. The van der Waals surface area contributed by atoms with Crippen LogP contribution < -0.4 is 0 Å². The van der Waals surface area contributed by atoms with Gasteiger partial charge in [0.25, 0.3) is 0 Å². The molecule has 3 fully saturated rings. The van der Waals surface area contributed by atoms with Crippen molar-refractivity contribution in [1.82, 2.24) is 9.88 Å². The molecule has 0 saturated carbocycles. The van der Waals surface area contributed by atoms with Gasteiger partial charge in [0.1, 0.15) is 11.3 Å². The monoisotopic (exact) mass is 324 g/mol. The zero-order valence-corrected chi connectivity index (χ0v) is 13.9. The van der Waals surface area contributed by atoms with Crippen molar-refractivity contribution < 1.29 is 5.11 Å².